The van der Waals surface area contributed by atoms with Gasteiger partial charge in [0, 0.05) is 17.3 Å². The fourth-order valence-corrected chi connectivity index (χ4v) is 4.04. The molecule has 1 aliphatic rings. The summed E-state index contributed by atoms with van der Waals surface area (Å²) in [4.78, 5) is 12.1. The number of nitrogens with one attached hydrogen (secondary N) is 2. The minimum atomic E-state index is -1.00. The number of rotatable bonds is 9. The van der Waals surface area contributed by atoms with Gasteiger partial charge in [-0.05, 0) is 73.2 Å². The van der Waals surface area contributed by atoms with Crippen LogP contribution >= 0.6 is 0 Å². The number of carboxylic acids is 1. The van der Waals surface area contributed by atoms with Gasteiger partial charge in [-0.2, -0.15) is 0 Å². The van der Waals surface area contributed by atoms with E-state index in [2.05, 4.69) is 5.32 Å². The minimum Gasteiger partial charge on any atom is -0.494 e. The van der Waals surface area contributed by atoms with E-state index in [1.165, 1.54) is 12.8 Å². The van der Waals surface area contributed by atoms with Crippen molar-refractivity contribution in [1.82, 2.24) is 0 Å². The second-order valence-corrected chi connectivity index (χ2v) is 7.75. The lowest BCUT2D eigenvalue weighted by atomic mass is 9.90. The van der Waals surface area contributed by atoms with Crippen LogP contribution in [0.4, 0.5) is 5.69 Å². The maximum absolute atomic E-state index is 12.1. The molecule has 160 valence electrons. The third kappa shape index (κ3) is 5.10. The largest absolute Gasteiger partial charge is 0.494 e. The Kier molecular flexibility index (Phi) is 6.95. The predicted molar refractivity (Wildman–Crippen MR) is 118 cm³/mol. The fraction of sp³-hybridized carbons (Fsp3) is 0.391. The molecule has 1 fully saturated rings. The Morgan fingerprint density at radius 3 is 2.40 bits per heavy atom. The molecule has 7 nitrogen and oxygen atoms in total. The monoisotopic (exact) mass is 410 g/mol. The third-order valence-electron chi connectivity index (χ3n) is 5.64. The SMILES string of the molecule is CCOc1cc(C(Nc2ccc(C(=N)N)cc2)C(=O)O)cc(C(N)C2CCCC2)c1. The first kappa shape index (κ1) is 21.6. The van der Waals surface area contributed by atoms with Crippen molar-refractivity contribution in [2.75, 3.05) is 11.9 Å². The van der Waals surface area contributed by atoms with Crippen LogP contribution in [0.15, 0.2) is 42.5 Å². The van der Waals surface area contributed by atoms with Crippen LogP contribution < -0.4 is 21.5 Å². The van der Waals surface area contributed by atoms with Crippen LogP contribution in [0.2, 0.25) is 0 Å². The zero-order valence-corrected chi connectivity index (χ0v) is 17.2. The molecule has 2 unspecified atom stereocenters. The van der Waals surface area contributed by atoms with E-state index in [4.69, 9.17) is 21.6 Å². The summed E-state index contributed by atoms with van der Waals surface area (Å²) in [6, 6.07) is 11.2. The summed E-state index contributed by atoms with van der Waals surface area (Å²) in [7, 11) is 0. The van der Waals surface area contributed by atoms with Gasteiger partial charge in [0.15, 0.2) is 6.04 Å². The first-order valence-corrected chi connectivity index (χ1v) is 10.4. The molecule has 2 aromatic rings. The molecule has 0 radical (unpaired) electrons. The second kappa shape index (κ2) is 9.63. The van der Waals surface area contributed by atoms with Gasteiger partial charge in [-0.25, -0.2) is 4.79 Å². The summed E-state index contributed by atoms with van der Waals surface area (Å²) in [6.45, 7) is 2.38. The first-order chi connectivity index (χ1) is 14.4. The number of amidine groups is 1. The molecule has 3 rings (SSSR count). The Hall–Kier alpha value is -3.06. The van der Waals surface area contributed by atoms with Crippen molar-refractivity contribution < 1.29 is 14.6 Å². The average Bonchev–Trinajstić information content (AvgIpc) is 3.26. The molecule has 30 heavy (non-hydrogen) atoms. The molecule has 7 heteroatoms. The lowest BCUT2D eigenvalue weighted by Crippen LogP contribution is -2.23. The number of carboxylic acid groups (broad SMARTS) is 1. The van der Waals surface area contributed by atoms with E-state index in [9.17, 15) is 9.90 Å². The molecule has 1 aliphatic carbocycles. The Morgan fingerprint density at radius 2 is 1.83 bits per heavy atom. The molecule has 1 saturated carbocycles. The molecule has 0 saturated heterocycles. The van der Waals surface area contributed by atoms with E-state index in [1.807, 2.05) is 19.1 Å². The number of ether oxygens (including phenoxy) is 1. The predicted octanol–water partition coefficient (Wildman–Crippen LogP) is 3.80. The van der Waals surface area contributed by atoms with Gasteiger partial charge in [-0.1, -0.05) is 18.9 Å². The van der Waals surface area contributed by atoms with Gasteiger partial charge >= 0.3 is 5.97 Å². The number of hydrogen-bond acceptors (Lipinski definition) is 5. The standard InChI is InChI=1S/C23H30N4O3/c1-2-30-19-12-16(20(24)14-5-3-4-6-14)11-17(13-19)21(23(28)29)27-18-9-7-15(8-10-18)22(25)26/h7-14,20-21,27H,2-6,24H2,1H3,(H3,25,26)(H,28,29). The van der Waals surface area contributed by atoms with E-state index >= 15 is 0 Å². The average molecular weight is 411 g/mol. The normalized spacial score (nSPS) is 16.1. The molecule has 7 N–H and O–H groups in total. The maximum atomic E-state index is 12.1. The summed E-state index contributed by atoms with van der Waals surface area (Å²) in [6.07, 6.45) is 4.56. The highest BCUT2D eigenvalue weighted by molar-refractivity contribution is 5.95. The molecule has 2 atom stereocenters. The van der Waals surface area contributed by atoms with Gasteiger partial charge in [0.05, 0.1) is 6.61 Å². The summed E-state index contributed by atoms with van der Waals surface area (Å²) < 4.78 is 5.71. The van der Waals surface area contributed by atoms with Crippen LogP contribution in [0.25, 0.3) is 0 Å². The van der Waals surface area contributed by atoms with E-state index in [-0.39, 0.29) is 11.9 Å². The van der Waals surface area contributed by atoms with E-state index in [1.54, 1.807) is 30.3 Å². The van der Waals surface area contributed by atoms with Crippen molar-refractivity contribution in [3.8, 4) is 5.75 Å². The molecule has 0 aromatic heterocycles. The maximum Gasteiger partial charge on any atom is 0.330 e. The Balaban J connectivity index is 1.92. The van der Waals surface area contributed by atoms with Crippen LogP contribution in [0.1, 0.15) is 61.4 Å². The van der Waals surface area contributed by atoms with Crippen LogP contribution in [-0.2, 0) is 4.79 Å². The van der Waals surface area contributed by atoms with Gasteiger partial charge in [0.2, 0.25) is 0 Å². The molecule has 0 spiro atoms. The highest BCUT2D eigenvalue weighted by Gasteiger charge is 2.26. The van der Waals surface area contributed by atoms with Crippen molar-refractivity contribution >= 4 is 17.5 Å². The zero-order valence-electron chi connectivity index (χ0n) is 17.2. The van der Waals surface area contributed by atoms with Crippen molar-refractivity contribution in [2.24, 2.45) is 17.4 Å². The molecule has 2 aromatic carbocycles. The number of benzene rings is 2. The van der Waals surface area contributed by atoms with Gasteiger partial charge in [-0.3, -0.25) is 5.41 Å². The molecule has 0 bridgehead atoms. The van der Waals surface area contributed by atoms with Gasteiger partial charge in [0.25, 0.3) is 0 Å². The second-order valence-electron chi connectivity index (χ2n) is 7.75. The van der Waals surface area contributed by atoms with Gasteiger partial charge < -0.3 is 26.6 Å². The fourth-order valence-electron chi connectivity index (χ4n) is 4.04. The van der Waals surface area contributed by atoms with Crippen LogP contribution in [0, 0.1) is 11.3 Å². The number of nitrogens with two attached hydrogens (primary N) is 2. The Bertz CT molecular complexity index is 892. The van der Waals surface area contributed by atoms with Gasteiger partial charge in [-0.15, -0.1) is 0 Å². The summed E-state index contributed by atoms with van der Waals surface area (Å²) in [5.74, 6) is -0.00511. The molecule has 0 aliphatic heterocycles. The third-order valence-corrected chi connectivity index (χ3v) is 5.64. The number of anilines is 1. The smallest absolute Gasteiger partial charge is 0.330 e. The van der Waals surface area contributed by atoms with Crippen LogP contribution in [0.5, 0.6) is 5.75 Å². The molecule has 0 heterocycles. The summed E-state index contributed by atoms with van der Waals surface area (Å²) in [5.41, 5.74) is 14.7. The van der Waals surface area contributed by atoms with Crippen molar-refractivity contribution in [3.05, 3.63) is 59.2 Å². The van der Waals surface area contributed by atoms with E-state index in [0.29, 0.717) is 35.1 Å². The van der Waals surface area contributed by atoms with Crippen molar-refractivity contribution in [2.45, 2.75) is 44.7 Å². The number of hydrogen-bond donors (Lipinski definition) is 5. The van der Waals surface area contributed by atoms with E-state index in [0.717, 1.165) is 18.4 Å². The quantitative estimate of drug-likeness (QED) is 0.315. The first-order valence-electron chi connectivity index (χ1n) is 10.4. The number of aliphatic carboxylic acids is 1. The molecule has 0 amide bonds. The Morgan fingerprint density at radius 1 is 1.20 bits per heavy atom. The molecular weight excluding hydrogens is 380 g/mol. The summed E-state index contributed by atoms with van der Waals surface area (Å²) >= 11 is 0. The van der Waals surface area contributed by atoms with Crippen molar-refractivity contribution in [3.63, 3.8) is 0 Å². The highest BCUT2D eigenvalue weighted by Crippen LogP contribution is 2.36. The Labute approximate surface area is 176 Å². The van der Waals surface area contributed by atoms with Crippen LogP contribution in [-0.4, -0.2) is 23.5 Å². The van der Waals surface area contributed by atoms with E-state index < -0.39 is 12.0 Å². The van der Waals surface area contributed by atoms with Crippen LogP contribution in [0.3, 0.4) is 0 Å². The lowest BCUT2D eigenvalue weighted by Gasteiger charge is -2.23. The highest BCUT2D eigenvalue weighted by atomic mass is 16.5. The lowest BCUT2D eigenvalue weighted by molar-refractivity contribution is -0.138. The zero-order chi connectivity index (χ0) is 21.7. The minimum absolute atomic E-state index is 0.0358. The number of nitrogen functional groups attached to an aromatic ring is 1. The molecular formula is C23H30N4O3. The number of carbonyl (C=O) groups is 1. The van der Waals surface area contributed by atoms with Gasteiger partial charge in [0.1, 0.15) is 11.6 Å². The van der Waals surface area contributed by atoms with Crippen molar-refractivity contribution in [1.29, 1.82) is 5.41 Å². The topological polar surface area (TPSA) is 134 Å². The summed E-state index contributed by atoms with van der Waals surface area (Å²) in [5, 5.41) is 20.4.